The van der Waals surface area contributed by atoms with Crippen molar-refractivity contribution < 1.29 is 13.2 Å². The van der Waals surface area contributed by atoms with Gasteiger partial charge >= 0.3 is 0 Å². The Labute approximate surface area is 170 Å². The maximum Gasteiger partial charge on any atom is 0.263 e. The third-order valence-corrected chi connectivity index (χ3v) is 6.06. The van der Waals surface area contributed by atoms with Crippen LogP contribution >= 0.6 is 27.5 Å². The first-order valence-corrected chi connectivity index (χ1v) is 10.5. The van der Waals surface area contributed by atoms with Crippen LogP contribution in [-0.2, 0) is 10.0 Å². The summed E-state index contributed by atoms with van der Waals surface area (Å²) < 4.78 is 28.8. The Morgan fingerprint density at radius 1 is 1.04 bits per heavy atom. The summed E-state index contributed by atoms with van der Waals surface area (Å²) in [5.74, 6) is -0.119. The molecule has 1 N–H and O–H groups in total. The van der Waals surface area contributed by atoms with Gasteiger partial charge in [-0.1, -0.05) is 39.7 Å². The van der Waals surface area contributed by atoms with E-state index in [1.165, 1.54) is 24.4 Å². The minimum absolute atomic E-state index is 0.0159. The van der Waals surface area contributed by atoms with Crippen LogP contribution in [0.25, 0.3) is 0 Å². The highest BCUT2D eigenvalue weighted by atomic mass is 79.9. The molecule has 8 heteroatoms. The smallest absolute Gasteiger partial charge is 0.263 e. The van der Waals surface area contributed by atoms with Crippen LogP contribution < -0.4 is 4.72 Å². The number of hydrogen-bond acceptors (Lipinski definition) is 4. The van der Waals surface area contributed by atoms with E-state index in [1.54, 1.807) is 43.3 Å². The molecule has 0 aliphatic rings. The second kappa shape index (κ2) is 7.80. The zero-order valence-corrected chi connectivity index (χ0v) is 17.3. The van der Waals surface area contributed by atoms with Crippen molar-refractivity contribution in [2.75, 3.05) is 4.72 Å². The first kappa shape index (κ1) is 19.5. The summed E-state index contributed by atoms with van der Waals surface area (Å²) in [6, 6.07) is 14.5. The molecule has 3 rings (SSSR count). The van der Waals surface area contributed by atoms with Gasteiger partial charge in [0.2, 0.25) is 0 Å². The van der Waals surface area contributed by atoms with Gasteiger partial charge in [-0.3, -0.25) is 9.52 Å². The fourth-order valence-corrected chi connectivity index (χ4v) is 4.08. The van der Waals surface area contributed by atoms with E-state index < -0.39 is 10.0 Å². The highest BCUT2D eigenvalue weighted by Gasteiger charge is 2.20. The lowest BCUT2D eigenvalue weighted by Gasteiger charge is -2.11. The molecule has 0 aliphatic carbocycles. The van der Waals surface area contributed by atoms with Gasteiger partial charge < -0.3 is 0 Å². The third-order valence-electron chi connectivity index (χ3n) is 3.81. The zero-order chi connectivity index (χ0) is 19.6. The van der Waals surface area contributed by atoms with Crippen molar-refractivity contribution in [3.8, 4) is 0 Å². The number of aryl methyl sites for hydroxylation is 1. The molecule has 0 saturated heterocycles. The number of hydrogen-bond donors (Lipinski definition) is 1. The van der Waals surface area contributed by atoms with Gasteiger partial charge in [0.25, 0.3) is 10.0 Å². The van der Waals surface area contributed by atoms with E-state index >= 15 is 0 Å². The Hall–Kier alpha value is -2.22. The van der Waals surface area contributed by atoms with E-state index in [9.17, 15) is 13.2 Å². The average molecular weight is 466 g/mol. The molecule has 0 aliphatic heterocycles. The molecule has 0 saturated carbocycles. The summed E-state index contributed by atoms with van der Waals surface area (Å²) in [7, 11) is -3.92. The van der Waals surface area contributed by atoms with Gasteiger partial charge in [-0.15, -0.1) is 0 Å². The van der Waals surface area contributed by atoms with Crippen LogP contribution in [0.3, 0.4) is 0 Å². The quantitative estimate of drug-likeness (QED) is 0.547. The number of benzene rings is 2. The number of carbonyl (C=O) groups excluding carboxylic acids is 1. The molecule has 1 heterocycles. The number of aromatic nitrogens is 1. The molecule has 0 atom stereocenters. The Bertz CT molecular complexity index is 1100. The number of nitrogens with one attached hydrogen (secondary N) is 1. The van der Waals surface area contributed by atoms with Gasteiger partial charge in [-0.25, -0.2) is 13.4 Å². The number of pyridine rings is 1. The van der Waals surface area contributed by atoms with E-state index in [-0.39, 0.29) is 22.1 Å². The first-order valence-electron chi connectivity index (χ1n) is 7.81. The predicted molar refractivity (Wildman–Crippen MR) is 109 cm³/mol. The molecule has 2 aromatic carbocycles. The van der Waals surface area contributed by atoms with Crippen LogP contribution in [0.5, 0.6) is 0 Å². The molecule has 0 unspecified atom stereocenters. The number of nitrogens with zero attached hydrogens (tertiary/aromatic N) is 1. The fraction of sp³-hybridized carbons (Fsp3) is 0.0526. The van der Waals surface area contributed by atoms with Gasteiger partial charge in [0, 0.05) is 21.8 Å². The van der Waals surface area contributed by atoms with Crippen LogP contribution in [-0.4, -0.2) is 19.2 Å². The van der Waals surface area contributed by atoms with Gasteiger partial charge in [0.05, 0.1) is 9.92 Å². The summed E-state index contributed by atoms with van der Waals surface area (Å²) in [4.78, 5) is 16.6. The van der Waals surface area contributed by atoms with Crippen LogP contribution in [0.1, 0.15) is 21.5 Å². The molecule has 3 aromatic rings. The minimum Gasteiger partial charge on any atom is -0.289 e. The number of halogens is 2. The number of rotatable bonds is 5. The van der Waals surface area contributed by atoms with E-state index in [0.29, 0.717) is 16.1 Å². The van der Waals surface area contributed by atoms with Gasteiger partial charge in [0.1, 0.15) is 5.82 Å². The van der Waals surface area contributed by atoms with E-state index in [1.807, 2.05) is 0 Å². The maximum atomic E-state index is 12.8. The number of sulfonamides is 1. The Kier molecular flexibility index (Phi) is 5.64. The van der Waals surface area contributed by atoms with Crippen LogP contribution in [0, 0.1) is 6.92 Å². The van der Waals surface area contributed by atoms with Gasteiger partial charge in [0.15, 0.2) is 5.78 Å². The van der Waals surface area contributed by atoms with Crippen LogP contribution in [0.2, 0.25) is 5.02 Å². The largest absolute Gasteiger partial charge is 0.289 e. The van der Waals surface area contributed by atoms with E-state index in [0.717, 1.165) is 4.47 Å². The van der Waals surface area contributed by atoms with Gasteiger partial charge in [-0.05, 0) is 55.0 Å². The molecule has 1 aromatic heterocycles. The zero-order valence-electron chi connectivity index (χ0n) is 14.1. The number of anilines is 1. The molecular formula is C19H14BrClN2O3S. The molecule has 0 amide bonds. The maximum absolute atomic E-state index is 12.8. The molecule has 0 radical (unpaired) electrons. The van der Waals surface area contributed by atoms with E-state index in [4.69, 9.17) is 11.6 Å². The normalized spacial score (nSPS) is 11.2. The second-order valence-corrected chi connectivity index (χ2v) is 8.79. The third kappa shape index (κ3) is 4.55. The summed E-state index contributed by atoms with van der Waals surface area (Å²) in [5.41, 5.74) is 1.27. The summed E-state index contributed by atoms with van der Waals surface area (Å²) in [5, 5.41) is 0.399. The topological polar surface area (TPSA) is 76.1 Å². The second-order valence-electron chi connectivity index (χ2n) is 5.78. The van der Waals surface area contributed by atoms with Crippen molar-refractivity contribution in [3.63, 3.8) is 0 Å². The molecular weight excluding hydrogens is 452 g/mol. The standard InChI is InChI=1S/C19H14BrClN2O3S/c1-12-2-3-14(19(24)13-4-6-15(20)7-5-13)10-17(12)27(25,26)23-18-9-8-16(21)11-22-18/h2-11H,1H3,(H,22,23). The predicted octanol–water partition coefficient (Wildman–Crippen LogP) is 4.84. The lowest BCUT2D eigenvalue weighted by molar-refractivity contribution is 0.103. The highest BCUT2D eigenvalue weighted by molar-refractivity contribution is 9.10. The summed E-state index contributed by atoms with van der Waals surface area (Å²) in [6.07, 6.45) is 1.35. The fourth-order valence-electron chi connectivity index (χ4n) is 2.43. The number of ketones is 1. The summed E-state index contributed by atoms with van der Waals surface area (Å²) >= 11 is 9.09. The molecule has 5 nitrogen and oxygen atoms in total. The molecule has 0 spiro atoms. The minimum atomic E-state index is -3.92. The van der Waals surface area contributed by atoms with Crippen LogP contribution in [0.4, 0.5) is 5.82 Å². The monoisotopic (exact) mass is 464 g/mol. The van der Waals surface area contributed by atoms with Crippen molar-refractivity contribution in [1.29, 1.82) is 0 Å². The Morgan fingerprint density at radius 2 is 1.70 bits per heavy atom. The van der Waals surface area contributed by atoms with Gasteiger partial charge in [-0.2, -0.15) is 0 Å². The molecule has 27 heavy (non-hydrogen) atoms. The SMILES string of the molecule is Cc1ccc(C(=O)c2ccc(Br)cc2)cc1S(=O)(=O)Nc1ccc(Cl)cn1. The van der Waals surface area contributed by atoms with Crippen molar-refractivity contribution in [1.82, 2.24) is 4.98 Å². The molecule has 0 fully saturated rings. The van der Waals surface area contributed by atoms with Crippen LogP contribution in [0.15, 0.2) is 70.2 Å². The lowest BCUT2D eigenvalue weighted by atomic mass is 10.0. The van der Waals surface area contributed by atoms with Crippen molar-refractivity contribution in [3.05, 3.63) is 87.0 Å². The highest BCUT2D eigenvalue weighted by Crippen LogP contribution is 2.22. The average Bonchev–Trinajstić information content (AvgIpc) is 2.64. The van der Waals surface area contributed by atoms with Crippen molar-refractivity contribution in [2.45, 2.75) is 11.8 Å². The van der Waals surface area contributed by atoms with Crippen molar-refractivity contribution >= 4 is 49.2 Å². The number of carbonyl (C=O) groups is 1. The van der Waals surface area contributed by atoms with Crippen molar-refractivity contribution in [2.24, 2.45) is 0 Å². The Morgan fingerprint density at radius 3 is 2.33 bits per heavy atom. The summed E-state index contributed by atoms with van der Waals surface area (Å²) in [6.45, 7) is 1.66. The molecule has 0 bridgehead atoms. The van der Waals surface area contributed by atoms with E-state index in [2.05, 4.69) is 25.6 Å². The first-order chi connectivity index (χ1) is 12.8. The molecule has 138 valence electrons. The lowest BCUT2D eigenvalue weighted by Crippen LogP contribution is -2.16. The Balaban J connectivity index is 1.95.